The van der Waals surface area contributed by atoms with Gasteiger partial charge < -0.3 is 26.2 Å². The zero-order valence-electron chi connectivity index (χ0n) is 17.4. The van der Waals surface area contributed by atoms with E-state index in [0.29, 0.717) is 33.1 Å². The lowest BCUT2D eigenvalue weighted by molar-refractivity contribution is 0.0973. The van der Waals surface area contributed by atoms with Gasteiger partial charge in [-0.1, -0.05) is 42.4 Å². The number of nitrogens with zero attached hydrogens (tertiary/aromatic N) is 4. The summed E-state index contributed by atoms with van der Waals surface area (Å²) in [7, 11) is 0. The van der Waals surface area contributed by atoms with Crippen LogP contribution < -0.4 is 16.4 Å². The molecular formula is C21H30Cl2N6O2S. The van der Waals surface area contributed by atoms with Gasteiger partial charge in [-0.25, -0.2) is 15.0 Å². The van der Waals surface area contributed by atoms with E-state index in [1.807, 2.05) is 13.8 Å². The number of pyridine rings is 1. The number of hydrogen-bond donors (Lipinski definition) is 3. The number of rotatable bonds is 4. The van der Waals surface area contributed by atoms with E-state index >= 15 is 0 Å². The molecule has 5 N–H and O–H groups in total. The number of halogens is 2. The normalized spacial score (nSPS) is 22.2. The number of aryl methyl sites for hydroxylation is 1. The van der Waals surface area contributed by atoms with Crippen LogP contribution in [0.2, 0.25) is 10.2 Å². The minimum atomic E-state index is -0.218. The van der Waals surface area contributed by atoms with Crippen LogP contribution in [0.15, 0.2) is 16.0 Å². The molecule has 0 amide bonds. The fourth-order valence-corrected chi connectivity index (χ4v) is 5.68. The number of nitrogen functional groups attached to an aromatic ring is 1. The first-order chi connectivity index (χ1) is 14.7. The monoisotopic (exact) mass is 500 g/mol. The standard InChI is InChI=1S/C20H26Cl2N6O2S.CH4/c1-10-19(31-13-7-14(23)27-17(22)15(13)21)26-12(8-29)18(25-10)28-5-3-20(4-6-28)9-30-11(2)16(20)24;/h7,11,16,29H,3-6,8-9,24H2,1-2H3,(H2,23,27);1H4/t11-,16+;/m0./s1. The highest BCUT2D eigenvalue weighted by molar-refractivity contribution is 7.99. The molecule has 176 valence electrons. The Balaban J connectivity index is 0.00000289. The van der Waals surface area contributed by atoms with Crippen LogP contribution in [0.25, 0.3) is 0 Å². The highest BCUT2D eigenvalue weighted by atomic mass is 35.5. The minimum Gasteiger partial charge on any atom is -0.390 e. The van der Waals surface area contributed by atoms with Crippen molar-refractivity contribution in [3.05, 3.63) is 27.6 Å². The van der Waals surface area contributed by atoms with Gasteiger partial charge >= 0.3 is 0 Å². The Morgan fingerprint density at radius 1 is 1.28 bits per heavy atom. The largest absolute Gasteiger partial charge is 0.390 e. The number of piperidine rings is 1. The third-order valence-electron chi connectivity index (χ3n) is 6.24. The molecule has 2 aromatic rings. The van der Waals surface area contributed by atoms with E-state index in [4.69, 9.17) is 44.4 Å². The second kappa shape index (κ2) is 9.87. The quantitative estimate of drug-likeness (QED) is 0.538. The van der Waals surface area contributed by atoms with Crippen molar-refractivity contribution in [2.75, 3.05) is 30.3 Å². The Kier molecular flexibility index (Phi) is 7.79. The van der Waals surface area contributed by atoms with Crippen molar-refractivity contribution >= 4 is 46.6 Å². The van der Waals surface area contributed by atoms with Gasteiger partial charge in [0, 0.05) is 29.4 Å². The van der Waals surface area contributed by atoms with E-state index < -0.39 is 0 Å². The zero-order chi connectivity index (χ0) is 22.3. The average Bonchev–Trinajstić information content (AvgIpc) is 3.02. The number of aromatic nitrogens is 3. The molecule has 8 nitrogen and oxygen atoms in total. The van der Waals surface area contributed by atoms with Gasteiger partial charge in [-0.3, -0.25) is 0 Å². The fourth-order valence-electron chi connectivity index (χ4n) is 4.29. The van der Waals surface area contributed by atoms with Crippen LogP contribution in [0.4, 0.5) is 11.6 Å². The molecule has 0 bridgehead atoms. The Bertz CT molecular complexity index is 987. The number of nitrogens with two attached hydrogens (primary N) is 2. The molecule has 0 aliphatic carbocycles. The van der Waals surface area contributed by atoms with Gasteiger partial charge in [-0.15, -0.1) is 0 Å². The van der Waals surface area contributed by atoms with Crippen molar-refractivity contribution in [1.82, 2.24) is 15.0 Å². The van der Waals surface area contributed by atoms with Gasteiger partial charge in [0.05, 0.1) is 30.0 Å². The van der Waals surface area contributed by atoms with Crippen LogP contribution >= 0.6 is 35.0 Å². The van der Waals surface area contributed by atoms with E-state index in [2.05, 4.69) is 14.9 Å². The van der Waals surface area contributed by atoms with Crippen LogP contribution in [0.1, 0.15) is 38.6 Å². The lowest BCUT2D eigenvalue weighted by Gasteiger charge is -2.42. The topological polar surface area (TPSA) is 123 Å². The van der Waals surface area contributed by atoms with Crippen molar-refractivity contribution in [1.29, 1.82) is 0 Å². The fraction of sp³-hybridized carbons (Fsp3) is 0.571. The van der Waals surface area contributed by atoms with E-state index in [9.17, 15) is 5.11 Å². The molecule has 2 aliphatic rings. The molecule has 4 rings (SSSR count). The summed E-state index contributed by atoms with van der Waals surface area (Å²) >= 11 is 13.6. The van der Waals surface area contributed by atoms with E-state index in [-0.39, 0.29) is 42.6 Å². The van der Waals surface area contributed by atoms with Crippen molar-refractivity contribution in [2.45, 2.75) is 62.8 Å². The zero-order valence-corrected chi connectivity index (χ0v) is 19.8. The van der Waals surface area contributed by atoms with E-state index in [1.165, 1.54) is 11.8 Å². The molecule has 0 saturated carbocycles. The summed E-state index contributed by atoms with van der Waals surface area (Å²) in [5, 5.41) is 11.1. The molecule has 0 aromatic carbocycles. The van der Waals surface area contributed by atoms with Crippen molar-refractivity contribution < 1.29 is 9.84 Å². The number of ether oxygens (including phenoxy) is 1. The molecule has 2 atom stereocenters. The molecule has 32 heavy (non-hydrogen) atoms. The van der Waals surface area contributed by atoms with Crippen LogP contribution in [0, 0.1) is 12.3 Å². The van der Waals surface area contributed by atoms with Gasteiger partial charge in [-0.2, -0.15) is 0 Å². The highest BCUT2D eigenvalue weighted by Gasteiger charge is 2.47. The third-order valence-corrected chi connectivity index (χ3v) is 8.23. The maximum atomic E-state index is 10.00. The maximum Gasteiger partial charge on any atom is 0.153 e. The molecule has 2 aromatic heterocycles. The highest BCUT2D eigenvalue weighted by Crippen LogP contribution is 2.43. The minimum absolute atomic E-state index is 0. The Morgan fingerprint density at radius 3 is 2.56 bits per heavy atom. The molecular weight excluding hydrogens is 471 g/mol. The molecule has 4 heterocycles. The molecule has 0 radical (unpaired) electrons. The summed E-state index contributed by atoms with van der Waals surface area (Å²) in [5.74, 6) is 0.977. The molecule has 11 heteroatoms. The first kappa shape index (κ1) is 25.3. The second-order valence-corrected chi connectivity index (χ2v) is 9.95. The van der Waals surface area contributed by atoms with Crippen LogP contribution in [0.5, 0.6) is 0 Å². The van der Waals surface area contributed by atoms with Gasteiger partial charge in [0.2, 0.25) is 0 Å². The summed E-state index contributed by atoms with van der Waals surface area (Å²) in [6.07, 6.45) is 1.93. The van der Waals surface area contributed by atoms with Crippen molar-refractivity contribution in [2.24, 2.45) is 11.1 Å². The summed E-state index contributed by atoms with van der Waals surface area (Å²) in [5.41, 5.74) is 13.5. The summed E-state index contributed by atoms with van der Waals surface area (Å²) in [6, 6.07) is 1.69. The molecule has 1 spiro atoms. The summed E-state index contributed by atoms with van der Waals surface area (Å²) < 4.78 is 5.81. The Hall–Kier alpha value is -1.36. The Morgan fingerprint density at radius 2 is 1.97 bits per heavy atom. The van der Waals surface area contributed by atoms with Gasteiger partial charge in [0.15, 0.2) is 11.0 Å². The first-order valence-corrected chi connectivity index (χ1v) is 11.7. The van der Waals surface area contributed by atoms with Gasteiger partial charge in [0.25, 0.3) is 0 Å². The predicted octanol–water partition coefficient (Wildman–Crippen LogP) is 3.68. The maximum absolute atomic E-state index is 10.00. The Labute approximate surface area is 203 Å². The third kappa shape index (κ3) is 4.64. The number of hydrogen-bond acceptors (Lipinski definition) is 9. The summed E-state index contributed by atoms with van der Waals surface area (Å²) in [6.45, 7) is 5.99. The first-order valence-electron chi connectivity index (χ1n) is 10.1. The van der Waals surface area contributed by atoms with Crippen LogP contribution in [-0.4, -0.2) is 51.9 Å². The molecule has 0 unspecified atom stereocenters. The number of anilines is 2. The summed E-state index contributed by atoms with van der Waals surface area (Å²) in [4.78, 5) is 16.2. The smallest absolute Gasteiger partial charge is 0.153 e. The molecule has 2 fully saturated rings. The lowest BCUT2D eigenvalue weighted by atomic mass is 9.73. The van der Waals surface area contributed by atoms with Crippen molar-refractivity contribution in [3.63, 3.8) is 0 Å². The van der Waals surface area contributed by atoms with Gasteiger partial charge in [0.1, 0.15) is 16.5 Å². The van der Waals surface area contributed by atoms with Crippen molar-refractivity contribution in [3.8, 4) is 0 Å². The second-order valence-electron chi connectivity index (χ2n) is 8.19. The van der Waals surface area contributed by atoms with Crippen LogP contribution in [-0.2, 0) is 11.3 Å². The molecule has 2 saturated heterocycles. The van der Waals surface area contributed by atoms with E-state index in [0.717, 1.165) is 31.6 Å². The van der Waals surface area contributed by atoms with Gasteiger partial charge in [-0.05, 0) is 32.8 Å². The average molecular weight is 501 g/mol. The van der Waals surface area contributed by atoms with Crippen LogP contribution in [0.3, 0.4) is 0 Å². The predicted molar refractivity (Wildman–Crippen MR) is 129 cm³/mol. The number of aliphatic hydroxyl groups excluding tert-OH is 1. The molecule has 2 aliphatic heterocycles. The lowest BCUT2D eigenvalue weighted by Crippen LogP contribution is -2.51. The van der Waals surface area contributed by atoms with E-state index in [1.54, 1.807) is 6.07 Å². The number of aliphatic hydroxyl groups is 1. The SMILES string of the molecule is C.Cc1nc(N2CCC3(CC2)CO[C@@H](C)[C@H]3N)c(CO)nc1Sc1cc(N)nc(Cl)c1Cl.